The van der Waals surface area contributed by atoms with Crippen LogP contribution in [-0.4, -0.2) is 14.9 Å². The van der Waals surface area contributed by atoms with E-state index >= 15 is 0 Å². The van der Waals surface area contributed by atoms with E-state index < -0.39 is 5.60 Å². The highest BCUT2D eigenvalue weighted by molar-refractivity contribution is 6.42. The van der Waals surface area contributed by atoms with Crippen molar-refractivity contribution in [2.45, 2.75) is 52.1 Å². The first-order chi connectivity index (χ1) is 13.8. The first-order valence-electron chi connectivity index (χ1n) is 9.91. The van der Waals surface area contributed by atoms with Gasteiger partial charge in [0.25, 0.3) is 0 Å². The molecular formula is C23H24Cl2N2O2. The van der Waals surface area contributed by atoms with E-state index in [-0.39, 0.29) is 5.75 Å². The van der Waals surface area contributed by atoms with Crippen LogP contribution in [0.5, 0.6) is 11.5 Å². The van der Waals surface area contributed by atoms with Crippen LogP contribution in [0.3, 0.4) is 0 Å². The number of ether oxygens (including phenoxy) is 1. The number of benzene rings is 2. The summed E-state index contributed by atoms with van der Waals surface area (Å²) in [6.07, 6.45) is 6.11. The number of phenolic OH excluding ortho intramolecular Hbond substituents is 1. The van der Waals surface area contributed by atoms with Crippen LogP contribution in [0.4, 0.5) is 0 Å². The van der Waals surface area contributed by atoms with Gasteiger partial charge in [0.2, 0.25) is 0 Å². The summed E-state index contributed by atoms with van der Waals surface area (Å²) in [6.45, 7) is 6.20. The summed E-state index contributed by atoms with van der Waals surface area (Å²) in [7, 11) is 0. The number of halogens is 2. The van der Waals surface area contributed by atoms with Crippen LogP contribution in [0.25, 0.3) is 16.9 Å². The molecule has 0 saturated heterocycles. The van der Waals surface area contributed by atoms with E-state index in [0.29, 0.717) is 21.4 Å². The Morgan fingerprint density at radius 2 is 1.90 bits per heavy atom. The Morgan fingerprint density at radius 3 is 2.62 bits per heavy atom. The summed E-state index contributed by atoms with van der Waals surface area (Å²) < 4.78 is 8.09. The molecule has 0 spiro atoms. The van der Waals surface area contributed by atoms with Gasteiger partial charge in [0.1, 0.15) is 17.1 Å². The molecule has 0 unspecified atom stereocenters. The lowest BCUT2D eigenvalue weighted by atomic mass is 9.90. The second kappa shape index (κ2) is 7.58. The molecule has 4 rings (SSSR count). The van der Waals surface area contributed by atoms with E-state index in [1.165, 1.54) is 6.42 Å². The van der Waals surface area contributed by atoms with E-state index in [2.05, 4.69) is 12.0 Å². The molecule has 2 heterocycles. The van der Waals surface area contributed by atoms with E-state index in [9.17, 15) is 5.11 Å². The number of aromatic nitrogens is 2. The van der Waals surface area contributed by atoms with E-state index in [1.807, 2.05) is 32.0 Å². The van der Waals surface area contributed by atoms with Crippen molar-refractivity contribution in [1.82, 2.24) is 9.78 Å². The lowest BCUT2D eigenvalue weighted by Crippen LogP contribution is -2.29. The molecule has 0 aliphatic carbocycles. The van der Waals surface area contributed by atoms with Crippen molar-refractivity contribution in [3.8, 4) is 28.4 Å². The molecule has 1 aromatic heterocycles. The first kappa shape index (κ1) is 20.1. The summed E-state index contributed by atoms with van der Waals surface area (Å²) >= 11 is 12.3. The molecule has 6 heteroatoms. The van der Waals surface area contributed by atoms with Crippen molar-refractivity contribution >= 4 is 23.2 Å². The molecule has 152 valence electrons. The van der Waals surface area contributed by atoms with E-state index in [0.717, 1.165) is 41.8 Å². The number of rotatable bonds is 5. The van der Waals surface area contributed by atoms with Crippen molar-refractivity contribution < 1.29 is 9.84 Å². The molecule has 3 aromatic rings. The van der Waals surface area contributed by atoms with Gasteiger partial charge in [-0.1, -0.05) is 43.0 Å². The number of aryl methyl sites for hydroxylation is 1. The average Bonchev–Trinajstić information content (AvgIpc) is 3.09. The lowest BCUT2D eigenvalue weighted by molar-refractivity contribution is 0.105. The highest BCUT2D eigenvalue weighted by Gasteiger charge is 2.38. The predicted molar refractivity (Wildman–Crippen MR) is 118 cm³/mol. The van der Waals surface area contributed by atoms with Gasteiger partial charge in [-0.05, 0) is 62.6 Å². The van der Waals surface area contributed by atoms with Gasteiger partial charge < -0.3 is 9.84 Å². The van der Waals surface area contributed by atoms with Crippen molar-refractivity contribution in [3.05, 3.63) is 57.7 Å². The van der Waals surface area contributed by atoms with Gasteiger partial charge in [-0.2, -0.15) is 5.10 Å². The second-order valence-corrected chi connectivity index (χ2v) is 8.79. The quantitative estimate of drug-likeness (QED) is 0.447. The van der Waals surface area contributed by atoms with Crippen molar-refractivity contribution in [2.75, 3.05) is 0 Å². The van der Waals surface area contributed by atoms with Crippen molar-refractivity contribution in [2.24, 2.45) is 0 Å². The number of aromatic hydroxyl groups is 1. The van der Waals surface area contributed by atoms with Crippen LogP contribution in [0.2, 0.25) is 10.0 Å². The minimum Gasteiger partial charge on any atom is -0.507 e. The Bertz CT molecular complexity index is 1070. The monoisotopic (exact) mass is 430 g/mol. The fourth-order valence-electron chi connectivity index (χ4n) is 3.87. The summed E-state index contributed by atoms with van der Waals surface area (Å²) in [6, 6.07) is 9.26. The maximum absolute atomic E-state index is 10.9. The normalized spacial score (nSPS) is 14.2. The van der Waals surface area contributed by atoms with Gasteiger partial charge >= 0.3 is 0 Å². The minimum absolute atomic E-state index is 0.201. The smallest absolute Gasteiger partial charge is 0.134 e. The maximum Gasteiger partial charge on any atom is 0.134 e. The van der Waals surface area contributed by atoms with Crippen LogP contribution in [0.15, 0.2) is 36.5 Å². The van der Waals surface area contributed by atoms with Gasteiger partial charge in [-0.3, -0.25) is 0 Å². The van der Waals surface area contributed by atoms with Crippen LogP contribution in [0.1, 0.15) is 51.2 Å². The molecule has 29 heavy (non-hydrogen) atoms. The topological polar surface area (TPSA) is 47.3 Å². The van der Waals surface area contributed by atoms with Crippen molar-refractivity contribution in [3.63, 3.8) is 0 Å². The molecule has 1 N–H and O–H groups in total. The van der Waals surface area contributed by atoms with Crippen LogP contribution in [0, 0.1) is 0 Å². The van der Waals surface area contributed by atoms with Gasteiger partial charge in [-0.25, -0.2) is 4.68 Å². The molecule has 0 radical (unpaired) electrons. The third kappa shape index (κ3) is 3.60. The molecule has 0 fully saturated rings. The zero-order valence-corrected chi connectivity index (χ0v) is 18.3. The molecule has 2 aromatic carbocycles. The van der Waals surface area contributed by atoms with E-state index in [1.54, 1.807) is 23.0 Å². The fraction of sp³-hybridized carbons (Fsp3) is 0.348. The standard InChI is InChI=1S/C23H24Cl2N2O2/c1-4-5-6-7-14-10-19(28)21-20(11-14)29-23(2,3)16-13-26-27(22(16)21)15-8-9-17(24)18(25)12-15/h8-13,28H,4-7H2,1-3H3. The Labute approximate surface area is 181 Å². The largest absolute Gasteiger partial charge is 0.507 e. The number of nitrogens with zero attached hydrogens (tertiary/aromatic N) is 2. The van der Waals surface area contributed by atoms with Gasteiger partial charge in [-0.15, -0.1) is 0 Å². The first-order valence-corrected chi connectivity index (χ1v) is 10.7. The SMILES string of the molecule is CCCCCc1cc(O)c2c(c1)OC(C)(C)c1cnn(-c3ccc(Cl)c(Cl)c3)c1-2. The second-order valence-electron chi connectivity index (χ2n) is 7.97. The molecule has 0 bridgehead atoms. The third-order valence-corrected chi connectivity index (χ3v) is 6.12. The zero-order valence-electron chi connectivity index (χ0n) is 16.8. The molecule has 0 saturated carbocycles. The average molecular weight is 431 g/mol. The Balaban J connectivity index is 1.87. The fourth-order valence-corrected chi connectivity index (χ4v) is 4.16. The van der Waals surface area contributed by atoms with Gasteiger partial charge in [0, 0.05) is 5.56 Å². The summed E-state index contributed by atoms with van der Waals surface area (Å²) in [5, 5.41) is 16.5. The number of hydrogen-bond acceptors (Lipinski definition) is 3. The van der Waals surface area contributed by atoms with Crippen LogP contribution in [-0.2, 0) is 12.0 Å². The number of phenols is 1. The van der Waals surface area contributed by atoms with Crippen LogP contribution >= 0.6 is 23.2 Å². The molecule has 0 amide bonds. The highest BCUT2D eigenvalue weighted by atomic mass is 35.5. The number of fused-ring (bicyclic) bond motifs is 3. The molecule has 1 aliphatic rings. The number of unbranched alkanes of at least 4 members (excludes halogenated alkanes) is 2. The van der Waals surface area contributed by atoms with E-state index in [4.69, 9.17) is 27.9 Å². The highest BCUT2D eigenvalue weighted by Crippen LogP contribution is 2.50. The third-order valence-electron chi connectivity index (χ3n) is 5.38. The molecule has 0 atom stereocenters. The molecular weight excluding hydrogens is 407 g/mol. The maximum atomic E-state index is 10.9. The Kier molecular flexibility index (Phi) is 5.26. The number of hydrogen-bond donors (Lipinski definition) is 1. The summed E-state index contributed by atoms with van der Waals surface area (Å²) in [5.41, 5.74) is 3.65. The van der Waals surface area contributed by atoms with Gasteiger partial charge in [0.05, 0.1) is 33.2 Å². The summed E-state index contributed by atoms with van der Waals surface area (Å²) in [5.74, 6) is 0.878. The molecule has 4 nitrogen and oxygen atoms in total. The van der Waals surface area contributed by atoms with Crippen molar-refractivity contribution in [1.29, 1.82) is 0 Å². The summed E-state index contributed by atoms with van der Waals surface area (Å²) in [4.78, 5) is 0. The molecule has 1 aliphatic heterocycles. The predicted octanol–water partition coefficient (Wildman–Crippen LogP) is 6.91. The Morgan fingerprint density at radius 1 is 1.10 bits per heavy atom. The van der Waals surface area contributed by atoms with Gasteiger partial charge in [0.15, 0.2) is 0 Å². The zero-order chi connectivity index (χ0) is 20.8. The minimum atomic E-state index is -0.578. The van der Waals surface area contributed by atoms with Crippen LogP contribution < -0.4 is 4.74 Å². The Hall–Kier alpha value is -2.17. The lowest BCUT2D eigenvalue weighted by Gasteiger charge is -2.33.